The number of amides is 1. The van der Waals surface area contributed by atoms with Crippen LogP contribution in [-0.4, -0.2) is 46.3 Å². The number of nitrogens with zero attached hydrogens (tertiary/aromatic N) is 3. The van der Waals surface area contributed by atoms with Crippen molar-refractivity contribution in [3.05, 3.63) is 18.0 Å². The van der Waals surface area contributed by atoms with Crippen molar-refractivity contribution in [1.82, 2.24) is 20.0 Å². The second kappa shape index (κ2) is 4.72. The van der Waals surface area contributed by atoms with Gasteiger partial charge in [-0.15, -0.1) is 0 Å². The van der Waals surface area contributed by atoms with E-state index >= 15 is 0 Å². The molecule has 1 N–H and O–H groups in total. The van der Waals surface area contributed by atoms with Crippen LogP contribution in [-0.2, 0) is 18.3 Å². The first-order chi connectivity index (χ1) is 8.74. The van der Waals surface area contributed by atoms with E-state index in [2.05, 4.69) is 10.4 Å². The normalized spacial score (nSPS) is 27.6. The van der Waals surface area contributed by atoms with E-state index in [0.29, 0.717) is 11.9 Å². The molecule has 2 saturated heterocycles. The van der Waals surface area contributed by atoms with Crippen LogP contribution in [0.3, 0.4) is 0 Å². The van der Waals surface area contributed by atoms with Crippen LogP contribution in [0.15, 0.2) is 12.4 Å². The molecule has 0 aliphatic carbocycles. The Hall–Kier alpha value is -1.36. The van der Waals surface area contributed by atoms with Gasteiger partial charge in [-0.1, -0.05) is 0 Å². The Labute approximate surface area is 107 Å². The van der Waals surface area contributed by atoms with Crippen molar-refractivity contribution in [3.63, 3.8) is 0 Å². The molecule has 2 aliphatic rings. The molecule has 5 nitrogen and oxygen atoms in total. The van der Waals surface area contributed by atoms with Gasteiger partial charge in [0, 0.05) is 32.4 Å². The average Bonchev–Trinajstić information content (AvgIpc) is 2.92. The Kier molecular flexibility index (Phi) is 3.07. The molecule has 0 bridgehead atoms. The van der Waals surface area contributed by atoms with Gasteiger partial charge in [0.25, 0.3) is 0 Å². The number of likely N-dealkylation sites (tertiary alicyclic amines) is 1. The molecular weight excluding hydrogens is 228 g/mol. The highest BCUT2D eigenvalue weighted by Crippen LogP contribution is 2.26. The first-order valence-corrected chi connectivity index (χ1v) is 6.74. The first kappa shape index (κ1) is 11.7. The minimum atomic E-state index is 0.229. The van der Waals surface area contributed by atoms with E-state index in [1.807, 2.05) is 29.0 Å². The Balaban J connectivity index is 1.58. The van der Waals surface area contributed by atoms with Crippen LogP contribution in [0.1, 0.15) is 18.4 Å². The van der Waals surface area contributed by atoms with Crippen LogP contribution in [0.2, 0.25) is 0 Å². The van der Waals surface area contributed by atoms with Crippen LogP contribution in [0, 0.1) is 5.92 Å². The topological polar surface area (TPSA) is 50.2 Å². The van der Waals surface area contributed by atoms with E-state index < -0.39 is 0 Å². The van der Waals surface area contributed by atoms with Crippen LogP contribution in [0.25, 0.3) is 0 Å². The third-order valence-corrected chi connectivity index (χ3v) is 4.06. The minimum Gasteiger partial charge on any atom is -0.340 e. The van der Waals surface area contributed by atoms with E-state index in [4.69, 9.17) is 0 Å². The number of aromatic nitrogens is 2. The molecule has 2 unspecified atom stereocenters. The minimum absolute atomic E-state index is 0.229. The molecule has 5 heteroatoms. The molecule has 98 valence electrons. The predicted molar refractivity (Wildman–Crippen MR) is 68.0 cm³/mol. The number of carbonyl (C=O) groups is 1. The molecule has 2 fully saturated rings. The zero-order valence-electron chi connectivity index (χ0n) is 10.8. The highest BCUT2D eigenvalue weighted by atomic mass is 16.2. The Morgan fingerprint density at radius 3 is 3.17 bits per heavy atom. The molecule has 2 atom stereocenters. The van der Waals surface area contributed by atoms with E-state index in [1.165, 1.54) is 5.56 Å². The van der Waals surface area contributed by atoms with Crippen molar-refractivity contribution in [3.8, 4) is 0 Å². The molecule has 0 radical (unpaired) electrons. The zero-order chi connectivity index (χ0) is 12.5. The summed E-state index contributed by atoms with van der Waals surface area (Å²) in [6.45, 7) is 2.76. The van der Waals surface area contributed by atoms with Gasteiger partial charge in [-0.25, -0.2) is 0 Å². The molecule has 0 spiro atoms. The summed E-state index contributed by atoms with van der Waals surface area (Å²) < 4.78 is 1.81. The summed E-state index contributed by atoms with van der Waals surface area (Å²) in [6.07, 6.45) is 6.99. The van der Waals surface area contributed by atoms with Crippen molar-refractivity contribution in [2.75, 3.05) is 19.6 Å². The Bertz CT molecular complexity index is 442. The standard InChI is InChI=1S/C13H20N4O/c1-16-8-10(7-15-16)4-6-17-9-12-11(13(17)18)3-2-5-14-12/h7-8,11-12,14H,2-6,9H2,1H3. The van der Waals surface area contributed by atoms with E-state index in [0.717, 1.165) is 38.9 Å². The lowest BCUT2D eigenvalue weighted by molar-refractivity contribution is -0.131. The number of piperidine rings is 1. The van der Waals surface area contributed by atoms with E-state index in [9.17, 15) is 4.79 Å². The van der Waals surface area contributed by atoms with Crippen molar-refractivity contribution < 1.29 is 4.79 Å². The van der Waals surface area contributed by atoms with Gasteiger partial charge in [-0.05, 0) is 31.4 Å². The maximum absolute atomic E-state index is 12.2. The zero-order valence-corrected chi connectivity index (χ0v) is 10.8. The fraction of sp³-hybridized carbons (Fsp3) is 0.692. The molecule has 3 rings (SSSR count). The average molecular weight is 248 g/mol. The second-order valence-corrected chi connectivity index (χ2v) is 5.37. The molecular formula is C13H20N4O. The summed E-state index contributed by atoms with van der Waals surface area (Å²) in [4.78, 5) is 14.2. The van der Waals surface area contributed by atoms with Gasteiger partial charge in [-0.2, -0.15) is 5.10 Å². The largest absolute Gasteiger partial charge is 0.340 e. The van der Waals surface area contributed by atoms with Gasteiger partial charge in [0.1, 0.15) is 0 Å². The molecule has 0 aromatic carbocycles. The molecule has 1 amide bonds. The maximum atomic E-state index is 12.2. The highest BCUT2D eigenvalue weighted by molar-refractivity contribution is 5.82. The summed E-state index contributed by atoms with van der Waals surface area (Å²) >= 11 is 0. The number of aryl methyl sites for hydroxylation is 1. The van der Waals surface area contributed by atoms with E-state index in [1.54, 1.807) is 0 Å². The van der Waals surface area contributed by atoms with Gasteiger partial charge in [-0.3, -0.25) is 9.48 Å². The summed E-state index contributed by atoms with van der Waals surface area (Å²) in [5, 5.41) is 7.62. The molecule has 0 saturated carbocycles. The Morgan fingerprint density at radius 2 is 2.44 bits per heavy atom. The number of hydrogen-bond acceptors (Lipinski definition) is 3. The molecule has 1 aromatic heterocycles. The lowest BCUT2D eigenvalue weighted by atomic mass is 9.94. The smallest absolute Gasteiger partial charge is 0.227 e. The van der Waals surface area contributed by atoms with Crippen LogP contribution in [0.5, 0.6) is 0 Å². The van der Waals surface area contributed by atoms with Gasteiger partial charge in [0.15, 0.2) is 0 Å². The van der Waals surface area contributed by atoms with Crippen molar-refractivity contribution in [2.24, 2.45) is 13.0 Å². The highest BCUT2D eigenvalue weighted by Gasteiger charge is 2.40. The van der Waals surface area contributed by atoms with Gasteiger partial charge in [0.2, 0.25) is 5.91 Å². The van der Waals surface area contributed by atoms with Crippen LogP contribution in [0.4, 0.5) is 0 Å². The summed E-state index contributed by atoms with van der Waals surface area (Å²) in [6, 6.07) is 0.389. The summed E-state index contributed by atoms with van der Waals surface area (Å²) in [5.74, 6) is 0.573. The van der Waals surface area contributed by atoms with Gasteiger partial charge >= 0.3 is 0 Å². The molecule has 2 aliphatic heterocycles. The maximum Gasteiger partial charge on any atom is 0.227 e. The SMILES string of the molecule is Cn1cc(CCN2CC3NCCCC3C2=O)cn1. The number of hydrogen-bond donors (Lipinski definition) is 1. The lowest BCUT2D eigenvalue weighted by Gasteiger charge is -2.23. The Morgan fingerprint density at radius 1 is 1.56 bits per heavy atom. The monoisotopic (exact) mass is 248 g/mol. The predicted octanol–water partition coefficient (Wildman–Crippen LogP) is 0.173. The summed E-state index contributed by atoms with van der Waals surface area (Å²) in [7, 11) is 1.92. The number of nitrogens with one attached hydrogen (secondary N) is 1. The number of rotatable bonds is 3. The van der Waals surface area contributed by atoms with Crippen molar-refractivity contribution in [1.29, 1.82) is 0 Å². The molecule has 3 heterocycles. The van der Waals surface area contributed by atoms with E-state index in [-0.39, 0.29) is 5.92 Å². The van der Waals surface area contributed by atoms with Crippen LogP contribution < -0.4 is 5.32 Å². The lowest BCUT2D eigenvalue weighted by Crippen LogP contribution is -2.41. The van der Waals surface area contributed by atoms with Crippen LogP contribution >= 0.6 is 0 Å². The fourth-order valence-corrected chi connectivity index (χ4v) is 3.07. The summed E-state index contributed by atoms with van der Waals surface area (Å²) in [5.41, 5.74) is 1.20. The van der Waals surface area contributed by atoms with Crippen molar-refractivity contribution >= 4 is 5.91 Å². The molecule has 18 heavy (non-hydrogen) atoms. The third-order valence-electron chi connectivity index (χ3n) is 4.06. The van der Waals surface area contributed by atoms with Crippen molar-refractivity contribution in [2.45, 2.75) is 25.3 Å². The quantitative estimate of drug-likeness (QED) is 0.830. The number of carbonyl (C=O) groups excluding carboxylic acids is 1. The third kappa shape index (κ3) is 2.14. The second-order valence-electron chi connectivity index (χ2n) is 5.37. The fourth-order valence-electron chi connectivity index (χ4n) is 3.07. The first-order valence-electron chi connectivity index (χ1n) is 6.74. The van der Waals surface area contributed by atoms with Gasteiger partial charge < -0.3 is 10.2 Å². The molecule has 1 aromatic rings. The van der Waals surface area contributed by atoms with Gasteiger partial charge in [0.05, 0.1) is 12.1 Å². The number of fused-ring (bicyclic) bond motifs is 1.